The van der Waals surface area contributed by atoms with Gasteiger partial charge < -0.3 is 10.4 Å². The van der Waals surface area contributed by atoms with E-state index in [1.54, 1.807) is 12.3 Å². The zero-order valence-electron chi connectivity index (χ0n) is 10.3. The Labute approximate surface area is 110 Å². The van der Waals surface area contributed by atoms with Crippen LogP contribution in [0.2, 0.25) is 0 Å². The van der Waals surface area contributed by atoms with E-state index in [9.17, 15) is 9.90 Å². The molecule has 0 aliphatic heterocycles. The van der Waals surface area contributed by atoms with Crippen LogP contribution in [0, 0.1) is 0 Å². The molecule has 0 fully saturated rings. The first-order valence-corrected chi connectivity index (χ1v) is 6.27. The summed E-state index contributed by atoms with van der Waals surface area (Å²) in [4.78, 5) is 12.0. The number of nitrogens with zero attached hydrogens (tertiary/aromatic N) is 1. The van der Waals surface area contributed by atoms with E-state index in [0.29, 0.717) is 6.42 Å². The minimum Gasteiger partial charge on any atom is -0.390 e. The van der Waals surface area contributed by atoms with E-state index in [0.717, 1.165) is 16.8 Å². The molecule has 5 nitrogen and oxygen atoms in total. The summed E-state index contributed by atoms with van der Waals surface area (Å²) in [5.74, 6) is -0.120. The van der Waals surface area contributed by atoms with Crippen LogP contribution in [-0.4, -0.2) is 27.3 Å². The molecule has 3 rings (SSSR count). The van der Waals surface area contributed by atoms with Crippen molar-refractivity contribution in [1.29, 1.82) is 0 Å². The fourth-order valence-corrected chi connectivity index (χ4v) is 2.53. The molecule has 3 N–H and O–H groups in total. The van der Waals surface area contributed by atoms with Crippen LogP contribution < -0.4 is 5.32 Å². The van der Waals surface area contributed by atoms with Crippen molar-refractivity contribution in [2.24, 2.45) is 0 Å². The third kappa shape index (κ3) is 2.37. The summed E-state index contributed by atoms with van der Waals surface area (Å²) in [6.45, 7) is 0. The minimum atomic E-state index is -0.553. The number of aliphatic hydroxyl groups is 1. The third-order valence-corrected chi connectivity index (χ3v) is 3.43. The molecule has 19 heavy (non-hydrogen) atoms. The van der Waals surface area contributed by atoms with Crippen molar-refractivity contribution in [1.82, 2.24) is 15.5 Å². The van der Waals surface area contributed by atoms with Crippen LogP contribution in [0.15, 0.2) is 36.5 Å². The summed E-state index contributed by atoms with van der Waals surface area (Å²) in [5, 5.41) is 19.5. The standard InChI is InChI=1S/C14H15N3O2/c18-12-7-9-3-1-2-4-11(9)14(12)16-13(19)8-10-5-6-15-17-10/h1-6,12,14,18H,7-8H2,(H,15,17)(H,16,19)/t12-,14+/m1/s1. The number of benzene rings is 1. The van der Waals surface area contributed by atoms with E-state index in [4.69, 9.17) is 0 Å². The number of aliphatic hydroxyl groups excluding tert-OH is 1. The Bertz CT molecular complexity index is 580. The Morgan fingerprint density at radius 3 is 3.05 bits per heavy atom. The van der Waals surface area contributed by atoms with E-state index in [1.807, 2.05) is 24.3 Å². The summed E-state index contributed by atoms with van der Waals surface area (Å²) in [6.07, 6.45) is 1.89. The number of H-pyrrole nitrogens is 1. The lowest BCUT2D eigenvalue weighted by Gasteiger charge is -2.17. The van der Waals surface area contributed by atoms with Crippen molar-refractivity contribution >= 4 is 5.91 Å². The maximum atomic E-state index is 12.0. The zero-order chi connectivity index (χ0) is 13.2. The number of aromatic amines is 1. The SMILES string of the molecule is O=C(Cc1ccn[nH]1)N[C@H]1c2ccccc2C[C@H]1O. The summed E-state index contributed by atoms with van der Waals surface area (Å²) in [5.41, 5.74) is 2.87. The van der Waals surface area contributed by atoms with Crippen molar-refractivity contribution in [2.75, 3.05) is 0 Å². The largest absolute Gasteiger partial charge is 0.390 e. The van der Waals surface area contributed by atoms with Crippen LogP contribution in [0.5, 0.6) is 0 Å². The topological polar surface area (TPSA) is 78.0 Å². The van der Waals surface area contributed by atoms with Gasteiger partial charge in [-0.2, -0.15) is 5.10 Å². The van der Waals surface area contributed by atoms with Crippen LogP contribution in [-0.2, 0) is 17.6 Å². The maximum absolute atomic E-state index is 12.0. The van der Waals surface area contributed by atoms with Gasteiger partial charge in [0, 0.05) is 18.3 Å². The molecule has 0 spiro atoms. The summed E-state index contributed by atoms with van der Waals surface area (Å²) in [6, 6.07) is 9.25. The van der Waals surface area contributed by atoms with Crippen molar-refractivity contribution in [3.63, 3.8) is 0 Å². The van der Waals surface area contributed by atoms with Crippen molar-refractivity contribution in [3.05, 3.63) is 53.3 Å². The van der Waals surface area contributed by atoms with E-state index in [-0.39, 0.29) is 18.4 Å². The molecule has 1 aromatic heterocycles. The maximum Gasteiger partial charge on any atom is 0.226 e. The first-order valence-electron chi connectivity index (χ1n) is 6.27. The lowest BCUT2D eigenvalue weighted by atomic mass is 10.1. The molecular formula is C14H15N3O2. The number of fused-ring (bicyclic) bond motifs is 1. The highest BCUT2D eigenvalue weighted by atomic mass is 16.3. The van der Waals surface area contributed by atoms with Crippen molar-refractivity contribution < 1.29 is 9.90 Å². The van der Waals surface area contributed by atoms with Gasteiger partial charge in [0.05, 0.1) is 18.6 Å². The zero-order valence-corrected chi connectivity index (χ0v) is 10.3. The Morgan fingerprint density at radius 2 is 2.26 bits per heavy atom. The lowest BCUT2D eigenvalue weighted by Crippen LogP contribution is -2.34. The smallest absolute Gasteiger partial charge is 0.226 e. The van der Waals surface area contributed by atoms with Crippen LogP contribution in [0.25, 0.3) is 0 Å². The molecule has 0 unspecified atom stereocenters. The first kappa shape index (κ1) is 11.9. The van der Waals surface area contributed by atoms with Gasteiger partial charge in [-0.05, 0) is 17.2 Å². The molecule has 5 heteroatoms. The van der Waals surface area contributed by atoms with Gasteiger partial charge in [-0.1, -0.05) is 24.3 Å². The molecule has 1 heterocycles. The van der Waals surface area contributed by atoms with Crippen molar-refractivity contribution in [3.8, 4) is 0 Å². The molecule has 98 valence electrons. The molecule has 1 amide bonds. The molecule has 1 aliphatic rings. The summed E-state index contributed by atoms with van der Waals surface area (Å²) in [7, 11) is 0. The number of amides is 1. The molecular weight excluding hydrogens is 242 g/mol. The predicted molar refractivity (Wildman–Crippen MR) is 69.3 cm³/mol. The van der Waals surface area contributed by atoms with Gasteiger partial charge in [0.15, 0.2) is 0 Å². The van der Waals surface area contributed by atoms with Gasteiger partial charge in [0.25, 0.3) is 0 Å². The van der Waals surface area contributed by atoms with Crippen LogP contribution in [0.1, 0.15) is 22.9 Å². The van der Waals surface area contributed by atoms with Gasteiger partial charge in [0.1, 0.15) is 0 Å². The Hall–Kier alpha value is -2.14. The summed E-state index contributed by atoms with van der Waals surface area (Å²) >= 11 is 0. The normalized spacial score (nSPS) is 21.1. The molecule has 0 saturated carbocycles. The molecule has 0 bridgehead atoms. The summed E-state index contributed by atoms with van der Waals surface area (Å²) < 4.78 is 0. The Balaban J connectivity index is 1.71. The number of hydrogen-bond acceptors (Lipinski definition) is 3. The van der Waals surface area contributed by atoms with Gasteiger partial charge in [0.2, 0.25) is 5.91 Å². The number of rotatable bonds is 3. The number of aromatic nitrogens is 2. The lowest BCUT2D eigenvalue weighted by molar-refractivity contribution is -0.122. The fourth-order valence-electron chi connectivity index (χ4n) is 2.53. The number of carbonyl (C=O) groups is 1. The number of carbonyl (C=O) groups excluding carboxylic acids is 1. The first-order chi connectivity index (χ1) is 9.24. The Kier molecular flexibility index (Phi) is 3.05. The molecule has 0 saturated heterocycles. The average Bonchev–Trinajstić information content (AvgIpc) is 2.99. The second kappa shape index (κ2) is 4.85. The highest BCUT2D eigenvalue weighted by Gasteiger charge is 2.31. The van der Waals surface area contributed by atoms with Gasteiger partial charge in [-0.3, -0.25) is 9.89 Å². The van der Waals surface area contributed by atoms with Crippen molar-refractivity contribution in [2.45, 2.75) is 25.0 Å². The van der Waals surface area contributed by atoms with Crippen LogP contribution >= 0.6 is 0 Å². The Morgan fingerprint density at radius 1 is 1.42 bits per heavy atom. The van der Waals surface area contributed by atoms with E-state index in [2.05, 4.69) is 15.5 Å². The molecule has 1 aliphatic carbocycles. The van der Waals surface area contributed by atoms with Crippen LogP contribution in [0.4, 0.5) is 0 Å². The van der Waals surface area contributed by atoms with Gasteiger partial charge >= 0.3 is 0 Å². The van der Waals surface area contributed by atoms with Crippen LogP contribution in [0.3, 0.4) is 0 Å². The van der Waals surface area contributed by atoms with E-state index >= 15 is 0 Å². The average molecular weight is 257 g/mol. The van der Waals surface area contributed by atoms with Gasteiger partial charge in [-0.25, -0.2) is 0 Å². The highest BCUT2D eigenvalue weighted by molar-refractivity contribution is 5.78. The monoisotopic (exact) mass is 257 g/mol. The second-order valence-corrected chi connectivity index (χ2v) is 4.77. The van der Waals surface area contributed by atoms with Gasteiger partial charge in [-0.15, -0.1) is 0 Å². The third-order valence-electron chi connectivity index (χ3n) is 3.43. The van der Waals surface area contributed by atoms with E-state index in [1.165, 1.54) is 0 Å². The molecule has 2 aromatic rings. The molecule has 0 radical (unpaired) electrons. The second-order valence-electron chi connectivity index (χ2n) is 4.77. The minimum absolute atomic E-state index is 0.120. The molecule has 1 aromatic carbocycles. The number of hydrogen-bond donors (Lipinski definition) is 3. The van der Waals surface area contributed by atoms with E-state index < -0.39 is 6.10 Å². The number of nitrogens with one attached hydrogen (secondary N) is 2. The highest BCUT2D eigenvalue weighted by Crippen LogP contribution is 2.31. The quantitative estimate of drug-likeness (QED) is 0.758. The fraction of sp³-hybridized carbons (Fsp3) is 0.286. The molecule has 2 atom stereocenters. The predicted octanol–water partition coefficient (Wildman–Crippen LogP) is 0.727.